The normalized spacial score (nSPS) is 17.5. The van der Waals surface area contributed by atoms with Gasteiger partial charge in [0.25, 0.3) is 0 Å². The van der Waals surface area contributed by atoms with Gasteiger partial charge in [-0.15, -0.1) is 0 Å². The van der Waals surface area contributed by atoms with E-state index < -0.39 is 24.4 Å². The summed E-state index contributed by atoms with van der Waals surface area (Å²) in [6.45, 7) is 8.28. The van der Waals surface area contributed by atoms with Crippen LogP contribution in [-0.4, -0.2) is 35.9 Å². The average Bonchev–Trinajstić information content (AvgIpc) is 2.94. The monoisotopic (exact) mass is 506 g/mol. The first-order chi connectivity index (χ1) is 14.6. The van der Waals surface area contributed by atoms with Gasteiger partial charge >= 0.3 is 13.2 Å². The molecule has 2 heterocycles. The number of hydrogen-bond donors (Lipinski definition) is 1. The molecule has 1 amide bonds. The SMILES string of the molecule is CC1(C)OB(C(=Cc2cc(Cl)ncc2Br)CNC(=O)OCc2ccccc2)OC1(C)C. The topological polar surface area (TPSA) is 69.7 Å². The molecular weight excluding hydrogens is 482 g/mol. The average molecular weight is 508 g/mol. The highest BCUT2D eigenvalue weighted by atomic mass is 79.9. The Labute approximate surface area is 196 Å². The minimum absolute atomic E-state index is 0.177. The van der Waals surface area contributed by atoms with Crippen molar-refractivity contribution in [1.29, 1.82) is 0 Å². The van der Waals surface area contributed by atoms with Gasteiger partial charge in [-0.25, -0.2) is 9.78 Å². The van der Waals surface area contributed by atoms with Crippen LogP contribution in [0.1, 0.15) is 38.8 Å². The number of carbonyl (C=O) groups is 1. The zero-order valence-corrected chi connectivity index (χ0v) is 20.3. The van der Waals surface area contributed by atoms with Crippen molar-refractivity contribution in [1.82, 2.24) is 10.3 Å². The van der Waals surface area contributed by atoms with E-state index in [2.05, 4.69) is 26.2 Å². The number of amides is 1. The predicted octanol–water partition coefficient (Wildman–Crippen LogP) is 5.44. The number of benzene rings is 1. The van der Waals surface area contributed by atoms with E-state index >= 15 is 0 Å². The molecule has 0 unspecified atom stereocenters. The van der Waals surface area contributed by atoms with Gasteiger partial charge in [0.1, 0.15) is 11.8 Å². The molecular formula is C22H25BBrClN2O4. The second-order valence-electron chi connectivity index (χ2n) is 8.25. The molecule has 1 aromatic carbocycles. The summed E-state index contributed by atoms with van der Waals surface area (Å²) in [6.07, 6.45) is 2.97. The molecule has 0 atom stereocenters. The van der Waals surface area contributed by atoms with Crippen molar-refractivity contribution in [3.05, 3.63) is 68.8 Å². The van der Waals surface area contributed by atoms with Crippen molar-refractivity contribution in [2.24, 2.45) is 0 Å². The van der Waals surface area contributed by atoms with Crippen molar-refractivity contribution in [2.75, 3.05) is 6.54 Å². The van der Waals surface area contributed by atoms with Gasteiger partial charge in [0.05, 0.1) is 11.2 Å². The summed E-state index contributed by atoms with van der Waals surface area (Å²) in [5, 5.41) is 3.14. The molecule has 2 aromatic rings. The number of pyridine rings is 1. The van der Waals surface area contributed by atoms with E-state index in [9.17, 15) is 4.79 Å². The molecule has 0 radical (unpaired) electrons. The maximum absolute atomic E-state index is 12.3. The third kappa shape index (κ3) is 6.10. The third-order valence-corrected chi connectivity index (χ3v) is 6.27. The van der Waals surface area contributed by atoms with Gasteiger partial charge < -0.3 is 19.4 Å². The van der Waals surface area contributed by atoms with E-state index in [-0.39, 0.29) is 13.2 Å². The first kappa shape index (κ1) is 23.8. The Morgan fingerprint density at radius 2 is 1.87 bits per heavy atom. The lowest BCUT2D eigenvalue weighted by Gasteiger charge is -2.32. The zero-order chi connectivity index (χ0) is 22.6. The number of nitrogens with zero attached hydrogens (tertiary/aromatic N) is 1. The number of rotatable bonds is 6. The van der Waals surface area contributed by atoms with Crippen molar-refractivity contribution >= 4 is 46.8 Å². The molecule has 1 N–H and O–H groups in total. The van der Waals surface area contributed by atoms with Gasteiger partial charge in [0.15, 0.2) is 0 Å². The molecule has 1 saturated heterocycles. The van der Waals surface area contributed by atoms with Crippen LogP contribution in [0.5, 0.6) is 0 Å². The minimum atomic E-state index is -0.640. The van der Waals surface area contributed by atoms with Crippen LogP contribution in [0.25, 0.3) is 6.08 Å². The molecule has 1 aromatic heterocycles. The summed E-state index contributed by atoms with van der Waals surface area (Å²) in [5.74, 6) is 0. The number of aromatic nitrogens is 1. The molecule has 0 saturated carbocycles. The van der Waals surface area contributed by atoms with Crippen LogP contribution in [0.2, 0.25) is 5.15 Å². The van der Waals surface area contributed by atoms with E-state index in [1.165, 1.54) is 0 Å². The third-order valence-electron chi connectivity index (χ3n) is 5.40. The standard InChI is InChI=1S/C22H25BBrClN2O4/c1-21(2)22(3,4)31-23(30-21)17(10-16-11-19(25)26-13-18(16)24)12-27-20(28)29-14-15-8-6-5-7-9-15/h5-11,13H,12,14H2,1-4H3,(H,27,28). The van der Waals surface area contributed by atoms with Gasteiger partial charge in [0, 0.05) is 17.2 Å². The Bertz CT molecular complexity index is 953. The van der Waals surface area contributed by atoms with E-state index in [0.29, 0.717) is 5.15 Å². The van der Waals surface area contributed by atoms with E-state index in [1.807, 2.05) is 64.1 Å². The maximum Gasteiger partial charge on any atom is 0.492 e. The fourth-order valence-electron chi connectivity index (χ4n) is 2.88. The fourth-order valence-corrected chi connectivity index (χ4v) is 3.38. The molecule has 3 rings (SSSR count). The second-order valence-corrected chi connectivity index (χ2v) is 9.49. The Hall–Kier alpha value is -1.87. The summed E-state index contributed by atoms with van der Waals surface area (Å²) >= 11 is 9.55. The van der Waals surface area contributed by atoms with E-state index in [0.717, 1.165) is 21.1 Å². The number of carbonyl (C=O) groups excluding carboxylic acids is 1. The highest BCUT2D eigenvalue weighted by Gasteiger charge is 2.52. The summed E-state index contributed by atoms with van der Waals surface area (Å²) in [5.41, 5.74) is 1.40. The largest absolute Gasteiger partial charge is 0.492 e. The highest BCUT2D eigenvalue weighted by molar-refractivity contribution is 9.10. The summed E-state index contributed by atoms with van der Waals surface area (Å²) in [6, 6.07) is 11.2. The Kier molecular flexibility index (Phi) is 7.47. The molecule has 0 spiro atoms. The highest BCUT2D eigenvalue weighted by Crippen LogP contribution is 2.39. The lowest BCUT2D eigenvalue weighted by atomic mass is 9.77. The number of ether oxygens (including phenoxy) is 1. The van der Waals surface area contributed by atoms with Gasteiger partial charge in [-0.2, -0.15) is 0 Å². The lowest BCUT2D eigenvalue weighted by molar-refractivity contribution is 0.00578. The summed E-state index contributed by atoms with van der Waals surface area (Å²) in [4.78, 5) is 16.3. The van der Waals surface area contributed by atoms with Gasteiger partial charge in [0.2, 0.25) is 0 Å². The Balaban J connectivity index is 1.75. The molecule has 31 heavy (non-hydrogen) atoms. The van der Waals surface area contributed by atoms with Crippen molar-refractivity contribution in [3.8, 4) is 0 Å². The van der Waals surface area contributed by atoms with Crippen LogP contribution in [-0.2, 0) is 20.7 Å². The van der Waals surface area contributed by atoms with Crippen LogP contribution in [0, 0.1) is 0 Å². The molecule has 0 aliphatic carbocycles. The maximum atomic E-state index is 12.3. The predicted molar refractivity (Wildman–Crippen MR) is 126 cm³/mol. The number of hydrogen-bond acceptors (Lipinski definition) is 5. The smallest absolute Gasteiger partial charge is 0.445 e. The van der Waals surface area contributed by atoms with Crippen molar-refractivity contribution in [3.63, 3.8) is 0 Å². The minimum Gasteiger partial charge on any atom is -0.445 e. The quantitative estimate of drug-likeness (QED) is 0.417. The number of nitrogens with one attached hydrogen (secondary N) is 1. The lowest BCUT2D eigenvalue weighted by Crippen LogP contribution is -2.41. The molecule has 1 aliphatic rings. The molecule has 164 valence electrons. The summed E-state index contributed by atoms with van der Waals surface area (Å²) < 4.78 is 18.4. The molecule has 0 bridgehead atoms. The van der Waals surface area contributed by atoms with E-state index in [4.69, 9.17) is 25.6 Å². The zero-order valence-electron chi connectivity index (χ0n) is 17.9. The summed E-state index contributed by atoms with van der Waals surface area (Å²) in [7, 11) is -0.640. The van der Waals surface area contributed by atoms with Gasteiger partial charge in [-0.3, -0.25) is 0 Å². The molecule has 9 heteroatoms. The van der Waals surface area contributed by atoms with Gasteiger partial charge in [-0.05, 0) is 66.3 Å². The first-order valence-corrected chi connectivity index (χ1v) is 11.1. The van der Waals surface area contributed by atoms with Crippen molar-refractivity contribution < 1.29 is 18.8 Å². The molecule has 6 nitrogen and oxygen atoms in total. The number of alkyl carbamates (subject to hydrolysis) is 1. The van der Waals surface area contributed by atoms with Crippen LogP contribution < -0.4 is 5.32 Å². The Morgan fingerprint density at radius 3 is 2.52 bits per heavy atom. The van der Waals surface area contributed by atoms with Crippen molar-refractivity contribution in [2.45, 2.75) is 45.5 Å². The molecule has 1 fully saturated rings. The van der Waals surface area contributed by atoms with Crippen LogP contribution >= 0.6 is 27.5 Å². The van der Waals surface area contributed by atoms with E-state index in [1.54, 1.807) is 12.3 Å². The number of halogens is 2. The van der Waals surface area contributed by atoms with Crippen LogP contribution in [0.15, 0.2) is 52.5 Å². The molecule has 1 aliphatic heterocycles. The second kappa shape index (κ2) is 9.73. The first-order valence-electron chi connectivity index (χ1n) is 9.89. The Morgan fingerprint density at radius 1 is 1.23 bits per heavy atom. The van der Waals surface area contributed by atoms with Crippen LogP contribution in [0.4, 0.5) is 4.79 Å². The van der Waals surface area contributed by atoms with Crippen LogP contribution in [0.3, 0.4) is 0 Å². The fraction of sp³-hybridized carbons (Fsp3) is 0.364. The van der Waals surface area contributed by atoms with Gasteiger partial charge in [-0.1, -0.05) is 48.0 Å².